The molecule has 8 heteroatoms. The molecule has 1 aliphatic heterocycles. The molecule has 1 fully saturated rings. The molecule has 140 valence electrons. The van der Waals surface area contributed by atoms with Crippen molar-refractivity contribution in [3.63, 3.8) is 0 Å². The zero-order valence-electron chi connectivity index (χ0n) is 14.7. The van der Waals surface area contributed by atoms with E-state index in [4.69, 9.17) is 11.6 Å². The van der Waals surface area contributed by atoms with Crippen LogP contribution in [0.4, 0.5) is 0 Å². The van der Waals surface area contributed by atoms with Crippen LogP contribution in [0.2, 0.25) is 5.02 Å². The number of benzene rings is 1. The molecule has 25 heavy (non-hydrogen) atoms. The lowest BCUT2D eigenvalue weighted by Crippen LogP contribution is -2.42. The van der Waals surface area contributed by atoms with Crippen molar-refractivity contribution in [2.24, 2.45) is 4.99 Å². The first kappa shape index (κ1) is 20.0. The second kappa shape index (κ2) is 9.99. The van der Waals surface area contributed by atoms with Gasteiger partial charge in [-0.3, -0.25) is 9.89 Å². The van der Waals surface area contributed by atoms with Crippen molar-refractivity contribution >= 4 is 27.4 Å². The van der Waals surface area contributed by atoms with Crippen LogP contribution in [0.3, 0.4) is 0 Å². The largest absolute Gasteiger partial charge is 0.357 e. The second-order valence-corrected chi connectivity index (χ2v) is 8.80. The third-order valence-corrected chi connectivity index (χ3v) is 5.95. The van der Waals surface area contributed by atoms with Crippen LogP contribution < -0.4 is 10.6 Å². The number of guanidine groups is 1. The molecule has 1 aromatic carbocycles. The predicted molar refractivity (Wildman–Crippen MR) is 104 cm³/mol. The first-order valence-electron chi connectivity index (χ1n) is 8.68. The molecule has 0 amide bonds. The molecule has 0 bridgehead atoms. The lowest BCUT2D eigenvalue weighted by molar-refractivity contribution is 0.304. The molecule has 1 aliphatic rings. The molecule has 0 aromatic heterocycles. The van der Waals surface area contributed by atoms with Crippen molar-refractivity contribution < 1.29 is 8.42 Å². The maximum absolute atomic E-state index is 11.4. The van der Waals surface area contributed by atoms with Crippen LogP contribution >= 0.6 is 11.6 Å². The zero-order valence-corrected chi connectivity index (χ0v) is 16.2. The Labute approximate surface area is 155 Å². The second-order valence-electron chi connectivity index (χ2n) is 6.06. The van der Waals surface area contributed by atoms with Gasteiger partial charge in [-0.15, -0.1) is 0 Å². The smallest absolute Gasteiger partial charge is 0.191 e. The number of nitrogens with one attached hydrogen (secondary N) is 2. The summed E-state index contributed by atoms with van der Waals surface area (Å²) in [5.74, 6) is 1.31. The fraction of sp³-hybridized carbons (Fsp3) is 0.588. The molecule has 0 radical (unpaired) electrons. The van der Waals surface area contributed by atoms with E-state index in [0.717, 1.165) is 37.0 Å². The Hall–Kier alpha value is -1.31. The molecule has 0 saturated carbocycles. The third kappa shape index (κ3) is 7.63. The molecule has 2 rings (SSSR count). The lowest BCUT2D eigenvalue weighted by atomic mass is 10.1. The van der Waals surface area contributed by atoms with E-state index >= 15 is 0 Å². The minimum atomic E-state index is -2.82. The van der Waals surface area contributed by atoms with Gasteiger partial charge in [-0.05, 0) is 31.0 Å². The number of aliphatic imine (C=N–C) groups is 1. The van der Waals surface area contributed by atoms with Gasteiger partial charge < -0.3 is 10.6 Å². The zero-order chi connectivity index (χ0) is 18.1. The SMILES string of the molecule is CCNC(=NCCN1CCS(=O)(=O)CC1)NCCc1ccc(Cl)cc1. The summed E-state index contributed by atoms with van der Waals surface area (Å²) < 4.78 is 22.9. The van der Waals surface area contributed by atoms with Crippen LogP contribution in [-0.4, -0.2) is 70.1 Å². The van der Waals surface area contributed by atoms with Gasteiger partial charge in [-0.25, -0.2) is 8.42 Å². The number of sulfone groups is 1. The molecule has 1 saturated heterocycles. The summed E-state index contributed by atoms with van der Waals surface area (Å²) in [6.45, 7) is 6.27. The summed E-state index contributed by atoms with van der Waals surface area (Å²) in [6.07, 6.45) is 0.894. The van der Waals surface area contributed by atoms with E-state index in [1.807, 2.05) is 31.2 Å². The molecule has 6 nitrogen and oxygen atoms in total. The first-order chi connectivity index (χ1) is 12.0. The van der Waals surface area contributed by atoms with E-state index in [1.54, 1.807) is 0 Å². The van der Waals surface area contributed by atoms with Crippen LogP contribution in [0.5, 0.6) is 0 Å². The quantitative estimate of drug-likeness (QED) is 0.543. The highest BCUT2D eigenvalue weighted by molar-refractivity contribution is 7.91. The molecule has 2 N–H and O–H groups in total. The van der Waals surface area contributed by atoms with Gasteiger partial charge in [0.1, 0.15) is 0 Å². The average Bonchev–Trinajstić information content (AvgIpc) is 2.58. The Morgan fingerprint density at radius 2 is 1.88 bits per heavy atom. The Kier molecular flexibility index (Phi) is 7.99. The number of nitrogens with zero attached hydrogens (tertiary/aromatic N) is 2. The Morgan fingerprint density at radius 1 is 1.20 bits per heavy atom. The van der Waals surface area contributed by atoms with Crippen LogP contribution in [0.1, 0.15) is 12.5 Å². The van der Waals surface area contributed by atoms with Gasteiger partial charge >= 0.3 is 0 Å². The first-order valence-corrected chi connectivity index (χ1v) is 10.9. The van der Waals surface area contributed by atoms with Gasteiger partial charge in [0.2, 0.25) is 0 Å². The molecule has 0 unspecified atom stereocenters. The lowest BCUT2D eigenvalue weighted by Gasteiger charge is -2.25. The summed E-state index contributed by atoms with van der Waals surface area (Å²) in [5, 5.41) is 7.31. The van der Waals surface area contributed by atoms with Crippen molar-refractivity contribution in [1.29, 1.82) is 0 Å². The number of hydrogen-bond acceptors (Lipinski definition) is 4. The van der Waals surface area contributed by atoms with E-state index in [2.05, 4.69) is 20.5 Å². The van der Waals surface area contributed by atoms with Crippen molar-refractivity contribution in [2.45, 2.75) is 13.3 Å². The molecular weight excluding hydrogens is 360 g/mol. The number of hydrogen-bond donors (Lipinski definition) is 2. The van der Waals surface area contributed by atoms with Crippen LogP contribution in [0, 0.1) is 0 Å². The van der Waals surface area contributed by atoms with Crippen LogP contribution in [-0.2, 0) is 16.3 Å². The maximum atomic E-state index is 11.4. The van der Waals surface area contributed by atoms with Gasteiger partial charge in [-0.2, -0.15) is 0 Å². The molecule has 0 spiro atoms. The van der Waals surface area contributed by atoms with Gasteiger partial charge in [-0.1, -0.05) is 23.7 Å². The summed E-state index contributed by atoms with van der Waals surface area (Å²) in [5.41, 5.74) is 1.22. The maximum Gasteiger partial charge on any atom is 0.191 e. The molecule has 1 aromatic rings. The van der Waals surface area contributed by atoms with Gasteiger partial charge in [0.05, 0.1) is 18.1 Å². The van der Waals surface area contributed by atoms with Crippen LogP contribution in [0.15, 0.2) is 29.3 Å². The number of rotatable bonds is 7. The van der Waals surface area contributed by atoms with Gasteiger partial charge in [0.15, 0.2) is 15.8 Å². The monoisotopic (exact) mass is 386 g/mol. The summed E-state index contributed by atoms with van der Waals surface area (Å²) in [4.78, 5) is 6.73. The summed E-state index contributed by atoms with van der Waals surface area (Å²) in [6, 6.07) is 7.85. The highest BCUT2D eigenvalue weighted by Crippen LogP contribution is 2.09. The van der Waals surface area contributed by atoms with Crippen molar-refractivity contribution in [3.05, 3.63) is 34.9 Å². The van der Waals surface area contributed by atoms with Gasteiger partial charge in [0.25, 0.3) is 0 Å². The third-order valence-electron chi connectivity index (χ3n) is 4.09. The molecule has 0 aliphatic carbocycles. The molecule has 0 atom stereocenters. The van der Waals surface area contributed by atoms with E-state index in [0.29, 0.717) is 19.6 Å². The predicted octanol–water partition coefficient (Wildman–Crippen LogP) is 1.17. The Morgan fingerprint density at radius 3 is 2.52 bits per heavy atom. The normalized spacial score (nSPS) is 18.1. The Bertz CT molecular complexity index is 648. The van der Waals surface area contributed by atoms with E-state index < -0.39 is 9.84 Å². The van der Waals surface area contributed by atoms with E-state index in [9.17, 15) is 8.42 Å². The van der Waals surface area contributed by atoms with Crippen molar-refractivity contribution in [1.82, 2.24) is 15.5 Å². The van der Waals surface area contributed by atoms with Gasteiger partial charge in [0, 0.05) is 37.7 Å². The van der Waals surface area contributed by atoms with Crippen molar-refractivity contribution in [3.8, 4) is 0 Å². The van der Waals surface area contributed by atoms with Crippen molar-refractivity contribution in [2.75, 3.05) is 50.8 Å². The fourth-order valence-electron chi connectivity index (χ4n) is 2.60. The topological polar surface area (TPSA) is 73.8 Å². The van der Waals surface area contributed by atoms with Crippen LogP contribution in [0.25, 0.3) is 0 Å². The Balaban J connectivity index is 1.73. The minimum absolute atomic E-state index is 0.260. The summed E-state index contributed by atoms with van der Waals surface area (Å²) >= 11 is 5.89. The standard InChI is InChI=1S/C17H27ClN4O2S/c1-2-19-17(20-8-7-15-3-5-16(18)6-4-15)21-9-10-22-11-13-25(23,24)14-12-22/h3-6H,2,7-14H2,1H3,(H2,19,20,21). The highest BCUT2D eigenvalue weighted by Gasteiger charge is 2.20. The minimum Gasteiger partial charge on any atom is -0.357 e. The van der Waals surface area contributed by atoms with E-state index in [1.165, 1.54) is 5.56 Å². The average molecular weight is 387 g/mol. The number of halogens is 1. The molecule has 1 heterocycles. The fourth-order valence-corrected chi connectivity index (χ4v) is 4.00. The summed E-state index contributed by atoms with van der Waals surface area (Å²) in [7, 11) is -2.82. The molecular formula is C17H27ClN4O2S. The van der Waals surface area contributed by atoms with E-state index in [-0.39, 0.29) is 11.5 Å². The highest BCUT2D eigenvalue weighted by atomic mass is 35.5.